The van der Waals surface area contributed by atoms with E-state index in [0.717, 1.165) is 11.1 Å². The molecule has 4 rings (SSSR count). The normalized spacial score (nSPS) is 17.1. The summed E-state index contributed by atoms with van der Waals surface area (Å²) in [4.78, 5) is 28.0. The van der Waals surface area contributed by atoms with Gasteiger partial charge in [0.05, 0.1) is 10.9 Å². The van der Waals surface area contributed by atoms with Gasteiger partial charge >= 0.3 is 0 Å². The minimum absolute atomic E-state index is 0.0778. The predicted octanol–water partition coefficient (Wildman–Crippen LogP) is 5.06. The Morgan fingerprint density at radius 2 is 1.62 bits per heavy atom. The van der Waals surface area contributed by atoms with Crippen LogP contribution >= 0.6 is 11.8 Å². The maximum Gasteiger partial charge on any atom is 0.269 e. The summed E-state index contributed by atoms with van der Waals surface area (Å²) in [5.74, 6) is -0.670. The van der Waals surface area contributed by atoms with Crippen molar-refractivity contribution in [2.75, 3.05) is 10.2 Å². The standard InChI is InChI=1S/C26H21N3O2S/c1-18-10-8-9-15-22(18)29-25(31)23(16-19-11-4-2-5-12-19)32-26(29)21(17-27)24(30)28-20-13-6-3-7-14-20/h2-15,23H,16H2,1H3,(H,28,30)/b26-21-/t23-/m1/s1. The van der Waals surface area contributed by atoms with Crippen LogP contribution in [0.3, 0.4) is 0 Å². The zero-order valence-electron chi connectivity index (χ0n) is 17.5. The predicted molar refractivity (Wildman–Crippen MR) is 128 cm³/mol. The first-order valence-electron chi connectivity index (χ1n) is 10.2. The molecule has 3 aromatic rings. The Kier molecular flexibility index (Phi) is 6.39. The molecule has 32 heavy (non-hydrogen) atoms. The first kappa shape index (κ1) is 21.4. The summed E-state index contributed by atoms with van der Waals surface area (Å²) < 4.78 is 0. The fourth-order valence-electron chi connectivity index (χ4n) is 3.56. The van der Waals surface area contributed by atoms with Crippen molar-refractivity contribution in [2.24, 2.45) is 0 Å². The lowest BCUT2D eigenvalue weighted by atomic mass is 10.1. The van der Waals surface area contributed by atoms with E-state index >= 15 is 0 Å². The second-order valence-corrected chi connectivity index (χ2v) is 8.56. The third-order valence-electron chi connectivity index (χ3n) is 5.16. The minimum Gasteiger partial charge on any atom is -0.321 e. The van der Waals surface area contributed by atoms with E-state index in [1.54, 1.807) is 24.3 Å². The molecule has 0 radical (unpaired) electrons. The molecule has 0 unspecified atom stereocenters. The molecule has 6 heteroatoms. The van der Waals surface area contributed by atoms with Crippen molar-refractivity contribution >= 4 is 35.0 Å². The van der Waals surface area contributed by atoms with Crippen LogP contribution in [0.1, 0.15) is 11.1 Å². The number of rotatable bonds is 5. The largest absolute Gasteiger partial charge is 0.321 e. The van der Waals surface area contributed by atoms with Crippen LogP contribution in [0.4, 0.5) is 11.4 Å². The van der Waals surface area contributed by atoms with E-state index in [1.165, 1.54) is 16.7 Å². The molecule has 1 saturated heterocycles. The highest BCUT2D eigenvalue weighted by atomic mass is 32.2. The van der Waals surface area contributed by atoms with E-state index in [-0.39, 0.29) is 11.5 Å². The Bertz CT molecular complexity index is 1220. The van der Waals surface area contributed by atoms with Crippen molar-refractivity contribution in [2.45, 2.75) is 18.6 Å². The van der Waals surface area contributed by atoms with Gasteiger partial charge in [-0.2, -0.15) is 5.26 Å². The zero-order chi connectivity index (χ0) is 22.5. The molecule has 0 saturated carbocycles. The summed E-state index contributed by atoms with van der Waals surface area (Å²) in [6.45, 7) is 1.91. The number of anilines is 2. The molecule has 5 nitrogen and oxygen atoms in total. The topological polar surface area (TPSA) is 73.2 Å². The van der Waals surface area contributed by atoms with Crippen molar-refractivity contribution in [1.82, 2.24) is 0 Å². The van der Waals surface area contributed by atoms with Crippen LogP contribution in [0.25, 0.3) is 0 Å². The van der Waals surface area contributed by atoms with E-state index in [9.17, 15) is 14.9 Å². The molecular weight excluding hydrogens is 418 g/mol. The number of aryl methyl sites for hydroxylation is 1. The summed E-state index contributed by atoms with van der Waals surface area (Å²) in [5.41, 5.74) is 3.10. The van der Waals surface area contributed by atoms with Gasteiger partial charge < -0.3 is 5.32 Å². The molecule has 2 amide bonds. The number of hydrogen-bond donors (Lipinski definition) is 1. The molecule has 0 spiro atoms. The number of carbonyl (C=O) groups excluding carboxylic acids is 2. The van der Waals surface area contributed by atoms with Crippen molar-refractivity contribution in [3.05, 3.63) is 107 Å². The first-order chi connectivity index (χ1) is 15.6. The maximum atomic E-state index is 13.5. The summed E-state index contributed by atoms with van der Waals surface area (Å²) in [6.07, 6.45) is 0.509. The number of para-hydroxylation sites is 2. The lowest BCUT2D eigenvalue weighted by Gasteiger charge is -2.20. The molecule has 0 aliphatic carbocycles. The maximum absolute atomic E-state index is 13.5. The second kappa shape index (κ2) is 9.54. The fraction of sp³-hybridized carbons (Fsp3) is 0.115. The Morgan fingerprint density at radius 1 is 1.00 bits per heavy atom. The lowest BCUT2D eigenvalue weighted by Crippen LogP contribution is -2.31. The van der Waals surface area contributed by atoms with Crippen molar-refractivity contribution < 1.29 is 9.59 Å². The average Bonchev–Trinajstić information content (AvgIpc) is 3.11. The second-order valence-electron chi connectivity index (χ2n) is 7.37. The Hall–Kier alpha value is -3.82. The Balaban J connectivity index is 1.75. The van der Waals surface area contributed by atoms with Crippen LogP contribution in [0.15, 0.2) is 95.5 Å². The third-order valence-corrected chi connectivity index (χ3v) is 6.42. The average molecular weight is 440 g/mol. The molecule has 158 valence electrons. The number of amides is 2. The molecule has 1 N–H and O–H groups in total. The highest BCUT2D eigenvalue weighted by molar-refractivity contribution is 8.05. The quantitative estimate of drug-likeness (QED) is 0.445. The van der Waals surface area contributed by atoms with Gasteiger partial charge in [-0.1, -0.05) is 78.5 Å². The monoisotopic (exact) mass is 439 g/mol. The van der Waals surface area contributed by atoms with Crippen LogP contribution in [0, 0.1) is 18.3 Å². The van der Waals surface area contributed by atoms with E-state index in [0.29, 0.717) is 22.8 Å². The molecule has 1 heterocycles. The van der Waals surface area contributed by atoms with Gasteiger partial charge in [-0.15, -0.1) is 0 Å². The van der Waals surface area contributed by atoms with Crippen molar-refractivity contribution in [3.63, 3.8) is 0 Å². The van der Waals surface area contributed by atoms with Crippen LogP contribution in [-0.2, 0) is 16.0 Å². The van der Waals surface area contributed by atoms with E-state index in [1.807, 2.05) is 73.7 Å². The highest BCUT2D eigenvalue weighted by Crippen LogP contribution is 2.42. The molecule has 3 aromatic carbocycles. The molecule has 1 fully saturated rings. The van der Waals surface area contributed by atoms with Gasteiger partial charge in [-0.3, -0.25) is 14.5 Å². The number of nitrogens with zero attached hydrogens (tertiary/aromatic N) is 2. The molecule has 0 aromatic heterocycles. The van der Waals surface area contributed by atoms with Crippen molar-refractivity contribution in [1.29, 1.82) is 5.26 Å². The van der Waals surface area contributed by atoms with Crippen LogP contribution in [0.2, 0.25) is 0 Å². The molecule has 1 atom stereocenters. The third kappa shape index (κ3) is 4.43. The summed E-state index contributed by atoms with van der Waals surface area (Å²) >= 11 is 1.27. The summed E-state index contributed by atoms with van der Waals surface area (Å²) in [5, 5.41) is 12.6. The fourth-order valence-corrected chi connectivity index (χ4v) is 4.86. The Morgan fingerprint density at radius 3 is 2.28 bits per heavy atom. The molecule has 0 bridgehead atoms. The molecule has 1 aliphatic rings. The zero-order valence-corrected chi connectivity index (χ0v) is 18.3. The van der Waals surface area contributed by atoms with Gasteiger partial charge in [-0.25, -0.2) is 0 Å². The lowest BCUT2D eigenvalue weighted by molar-refractivity contribution is -0.117. The van der Waals surface area contributed by atoms with E-state index in [4.69, 9.17) is 0 Å². The number of carbonyl (C=O) groups is 2. The van der Waals surface area contributed by atoms with Crippen LogP contribution < -0.4 is 10.2 Å². The number of thioether (sulfide) groups is 1. The number of nitriles is 1. The van der Waals surface area contributed by atoms with Gasteiger partial charge in [0.15, 0.2) is 0 Å². The highest BCUT2D eigenvalue weighted by Gasteiger charge is 2.41. The molecule has 1 aliphatic heterocycles. The van der Waals surface area contributed by atoms with Gasteiger partial charge in [0.2, 0.25) is 5.91 Å². The van der Waals surface area contributed by atoms with Gasteiger partial charge in [0.1, 0.15) is 16.7 Å². The Labute approximate surface area is 191 Å². The van der Waals surface area contributed by atoms with Crippen LogP contribution in [-0.4, -0.2) is 17.1 Å². The first-order valence-corrected chi connectivity index (χ1v) is 11.1. The number of benzene rings is 3. The summed E-state index contributed by atoms with van der Waals surface area (Å²) in [6, 6.07) is 28.2. The summed E-state index contributed by atoms with van der Waals surface area (Å²) in [7, 11) is 0. The van der Waals surface area contributed by atoms with Gasteiger partial charge in [0, 0.05) is 5.69 Å². The smallest absolute Gasteiger partial charge is 0.269 e. The SMILES string of the molecule is Cc1ccccc1N1C(=O)[C@@H](Cc2ccccc2)S/C1=C(/C#N)C(=O)Nc1ccccc1. The van der Waals surface area contributed by atoms with E-state index in [2.05, 4.69) is 5.32 Å². The number of nitrogens with one attached hydrogen (secondary N) is 1. The molecular formula is C26H21N3O2S. The van der Waals surface area contributed by atoms with Gasteiger partial charge in [0.25, 0.3) is 5.91 Å². The van der Waals surface area contributed by atoms with Gasteiger partial charge in [-0.05, 0) is 42.7 Å². The van der Waals surface area contributed by atoms with Crippen LogP contribution in [0.5, 0.6) is 0 Å². The minimum atomic E-state index is -0.534. The van der Waals surface area contributed by atoms with Crippen molar-refractivity contribution in [3.8, 4) is 6.07 Å². The van der Waals surface area contributed by atoms with E-state index < -0.39 is 11.2 Å². The number of hydrogen-bond acceptors (Lipinski definition) is 4.